The Balaban J connectivity index is 4.17. The summed E-state index contributed by atoms with van der Waals surface area (Å²) in [5.41, 5.74) is 0.417. The van der Waals surface area contributed by atoms with Crippen LogP contribution in [0, 0.1) is 11.3 Å². The van der Waals surface area contributed by atoms with E-state index in [1.165, 1.54) is 19.3 Å². The molecule has 1 heteroatoms. The minimum atomic E-state index is 0.417. The molecule has 2 atom stereocenters. The quantitative estimate of drug-likeness (QED) is 0.685. The van der Waals surface area contributed by atoms with Gasteiger partial charge >= 0.3 is 0 Å². The summed E-state index contributed by atoms with van der Waals surface area (Å²) in [5.74, 6) is 0.744. The van der Waals surface area contributed by atoms with Crippen molar-refractivity contribution in [1.82, 2.24) is 5.32 Å². The first kappa shape index (κ1) is 14.0. The van der Waals surface area contributed by atoms with Crippen molar-refractivity contribution in [2.24, 2.45) is 11.3 Å². The first-order valence-electron chi connectivity index (χ1n) is 6.16. The minimum Gasteiger partial charge on any atom is -0.314 e. The zero-order valence-corrected chi connectivity index (χ0v) is 11.0. The van der Waals surface area contributed by atoms with Gasteiger partial charge in [0.05, 0.1) is 0 Å². The van der Waals surface area contributed by atoms with Crippen molar-refractivity contribution in [3.63, 3.8) is 0 Å². The Morgan fingerprint density at radius 1 is 1.07 bits per heavy atom. The van der Waals surface area contributed by atoms with Crippen molar-refractivity contribution in [3.05, 3.63) is 0 Å². The average Bonchev–Trinajstić information content (AvgIpc) is 2.09. The third-order valence-electron chi connectivity index (χ3n) is 3.23. The summed E-state index contributed by atoms with van der Waals surface area (Å²) >= 11 is 0. The van der Waals surface area contributed by atoms with E-state index in [1.807, 2.05) is 0 Å². The van der Waals surface area contributed by atoms with Crippen LogP contribution in [0.15, 0.2) is 0 Å². The molecule has 2 unspecified atom stereocenters. The van der Waals surface area contributed by atoms with Crippen LogP contribution in [0.2, 0.25) is 0 Å². The lowest BCUT2D eigenvalue weighted by Gasteiger charge is -2.35. The standard InChI is InChI=1S/C13H29N/c1-7-9-12(14-10-8-2)11(3)13(4,5)6/h11-12,14H,7-10H2,1-6H3. The van der Waals surface area contributed by atoms with Crippen LogP contribution in [0.25, 0.3) is 0 Å². The molecular formula is C13H29N. The molecule has 0 saturated carbocycles. The molecule has 0 aliphatic rings. The van der Waals surface area contributed by atoms with Crippen LogP contribution in [0.5, 0.6) is 0 Å². The van der Waals surface area contributed by atoms with Gasteiger partial charge in [-0.2, -0.15) is 0 Å². The Kier molecular flexibility index (Phi) is 6.43. The number of hydrogen-bond donors (Lipinski definition) is 1. The molecule has 0 heterocycles. The molecule has 0 aliphatic carbocycles. The lowest BCUT2D eigenvalue weighted by Crippen LogP contribution is -2.41. The highest BCUT2D eigenvalue weighted by molar-refractivity contribution is 4.81. The Morgan fingerprint density at radius 2 is 1.64 bits per heavy atom. The van der Waals surface area contributed by atoms with E-state index < -0.39 is 0 Å². The zero-order chi connectivity index (χ0) is 11.2. The van der Waals surface area contributed by atoms with Crippen LogP contribution < -0.4 is 5.32 Å². The van der Waals surface area contributed by atoms with Gasteiger partial charge in [-0.15, -0.1) is 0 Å². The van der Waals surface area contributed by atoms with Gasteiger partial charge in [-0.1, -0.05) is 48.0 Å². The van der Waals surface area contributed by atoms with Crippen LogP contribution in [0.3, 0.4) is 0 Å². The van der Waals surface area contributed by atoms with E-state index in [1.54, 1.807) is 0 Å². The smallest absolute Gasteiger partial charge is 0.00975 e. The van der Waals surface area contributed by atoms with Gasteiger partial charge in [0, 0.05) is 6.04 Å². The topological polar surface area (TPSA) is 12.0 Å². The van der Waals surface area contributed by atoms with E-state index in [-0.39, 0.29) is 0 Å². The van der Waals surface area contributed by atoms with E-state index in [0.29, 0.717) is 11.5 Å². The Morgan fingerprint density at radius 3 is 2.00 bits per heavy atom. The summed E-state index contributed by atoms with van der Waals surface area (Å²) in [6.07, 6.45) is 3.82. The second-order valence-corrected chi connectivity index (χ2v) is 5.50. The molecule has 0 fully saturated rings. The van der Waals surface area contributed by atoms with Crippen molar-refractivity contribution in [1.29, 1.82) is 0 Å². The molecule has 0 aliphatic heterocycles. The summed E-state index contributed by atoms with van der Waals surface area (Å²) in [6.45, 7) is 15.1. The molecule has 14 heavy (non-hydrogen) atoms. The summed E-state index contributed by atoms with van der Waals surface area (Å²) in [6, 6.07) is 0.694. The largest absolute Gasteiger partial charge is 0.314 e. The fourth-order valence-corrected chi connectivity index (χ4v) is 1.77. The van der Waals surface area contributed by atoms with Crippen molar-refractivity contribution in [2.45, 2.75) is 66.8 Å². The Labute approximate surface area is 90.7 Å². The van der Waals surface area contributed by atoms with Crippen molar-refractivity contribution < 1.29 is 0 Å². The maximum atomic E-state index is 3.68. The summed E-state index contributed by atoms with van der Waals surface area (Å²) in [5, 5.41) is 3.68. The lowest BCUT2D eigenvalue weighted by atomic mass is 9.76. The summed E-state index contributed by atoms with van der Waals surface area (Å²) in [7, 11) is 0. The molecule has 86 valence electrons. The van der Waals surface area contributed by atoms with Crippen LogP contribution in [-0.4, -0.2) is 12.6 Å². The van der Waals surface area contributed by atoms with Gasteiger partial charge in [0.25, 0.3) is 0 Å². The predicted molar refractivity (Wildman–Crippen MR) is 65.6 cm³/mol. The van der Waals surface area contributed by atoms with E-state index in [2.05, 4.69) is 46.9 Å². The van der Waals surface area contributed by atoms with Crippen molar-refractivity contribution in [2.75, 3.05) is 6.54 Å². The molecule has 0 aromatic carbocycles. The van der Waals surface area contributed by atoms with Gasteiger partial charge in [0.1, 0.15) is 0 Å². The van der Waals surface area contributed by atoms with Crippen LogP contribution >= 0.6 is 0 Å². The van der Waals surface area contributed by atoms with Crippen molar-refractivity contribution >= 4 is 0 Å². The van der Waals surface area contributed by atoms with E-state index in [9.17, 15) is 0 Å². The van der Waals surface area contributed by atoms with Gasteiger partial charge in [-0.05, 0) is 30.7 Å². The molecule has 0 rings (SSSR count). The first-order chi connectivity index (χ1) is 6.43. The maximum Gasteiger partial charge on any atom is 0.00975 e. The van der Waals surface area contributed by atoms with Gasteiger partial charge in [-0.25, -0.2) is 0 Å². The molecule has 1 nitrogen and oxygen atoms in total. The second-order valence-electron chi connectivity index (χ2n) is 5.50. The number of rotatable bonds is 6. The van der Waals surface area contributed by atoms with E-state index in [4.69, 9.17) is 0 Å². The number of hydrogen-bond acceptors (Lipinski definition) is 1. The van der Waals surface area contributed by atoms with Crippen LogP contribution in [0.1, 0.15) is 60.8 Å². The normalized spacial score (nSPS) is 16.7. The molecule has 0 aromatic heterocycles. The molecule has 0 aromatic rings. The lowest BCUT2D eigenvalue weighted by molar-refractivity contribution is 0.189. The van der Waals surface area contributed by atoms with Crippen LogP contribution in [0.4, 0.5) is 0 Å². The van der Waals surface area contributed by atoms with E-state index in [0.717, 1.165) is 12.5 Å². The SMILES string of the molecule is CCCNC(CCC)C(C)C(C)(C)C. The monoisotopic (exact) mass is 199 g/mol. The highest BCUT2D eigenvalue weighted by atomic mass is 14.9. The number of nitrogens with one attached hydrogen (secondary N) is 1. The molecule has 0 radical (unpaired) electrons. The Hall–Kier alpha value is -0.0400. The van der Waals surface area contributed by atoms with Gasteiger partial charge < -0.3 is 5.32 Å². The van der Waals surface area contributed by atoms with Crippen molar-refractivity contribution in [3.8, 4) is 0 Å². The van der Waals surface area contributed by atoms with Gasteiger partial charge in [0.15, 0.2) is 0 Å². The fraction of sp³-hybridized carbons (Fsp3) is 1.00. The molecule has 0 spiro atoms. The van der Waals surface area contributed by atoms with Gasteiger partial charge in [0.2, 0.25) is 0 Å². The van der Waals surface area contributed by atoms with E-state index >= 15 is 0 Å². The molecule has 0 amide bonds. The highest BCUT2D eigenvalue weighted by Gasteiger charge is 2.26. The third-order valence-corrected chi connectivity index (χ3v) is 3.23. The molecular weight excluding hydrogens is 170 g/mol. The fourth-order valence-electron chi connectivity index (χ4n) is 1.77. The maximum absolute atomic E-state index is 3.68. The molecule has 0 bridgehead atoms. The Bertz CT molecular complexity index is 135. The van der Waals surface area contributed by atoms with Crippen LogP contribution in [-0.2, 0) is 0 Å². The minimum absolute atomic E-state index is 0.417. The highest BCUT2D eigenvalue weighted by Crippen LogP contribution is 2.29. The predicted octanol–water partition coefficient (Wildman–Crippen LogP) is 3.84. The first-order valence-corrected chi connectivity index (χ1v) is 6.16. The molecule has 0 saturated heterocycles. The second kappa shape index (κ2) is 6.44. The summed E-state index contributed by atoms with van der Waals surface area (Å²) < 4.78 is 0. The zero-order valence-electron chi connectivity index (χ0n) is 11.0. The summed E-state index contributed by atoms with van der Waals surface area (Å²) in [4.78, 5) is 0. The average molecular weight is 199 g/mol. The van der Waals surface area contributed by atoms with Gasteiger partial charge in [-0.3, -0.25) is 0 Å². The third kappa shape index (κ3) is 4.99. The molecule has 1 N–H and O–H groups in total.